The lowest BCUT2D eigenvalue weighted by Crippen LogP contribution is -2.24. The van der Waals surface area contributed by atoms with Gasteiger partial charge in [-0.1, -0.05) is 0 Å². The van der Waals surface area contributed by atoms with Crippen LogP contribution < -0.4 is 10.6 Å². The second kappa shape index (κ2) is 4.23. The van der Waals surface area contributed by atoms with Gasteiger partial charge in [0.05, 0.1) is 4.47 Å². The van der Waals surface area contributed by atoms with Gasteiger partial charge in [-0.25, -0.2) is 9.18 Å². The van der Waals surface area contributed by atoms with E-state index in [9.17, 15) is 9.18 Å². The van der Waals surface area contributed by atoms with Crippen molar-refractivity contribution in [3.8, 4) is 0 Å². The molecular weight excluding hydrogens is 239 g/mol. The quantitative estimate of drug-likeness (QED) is 0.785. The molecule has 0 saturated heterocycles. The van der Waals surface area contributed by atoms with Crippen LogP contribution in [0.2, 0.25) is 0 Å². The Balaban J connectivity index is 2.79. The van der Waals surface area contributed by atoms with Crippen molar-refractivity contribution in [2.75, 3.05) is 12.4 Å². The van der Waals surface area contributed by atoms with E-state index in [4.69, 9.17) is 0 Å². The minimum absolute atomic E-state index is 0.321. The van der Waals surface area contributed by atoms with E-state index in [1.165, 1.54) is 25.2 Å². The van der Waals surface area contributed by atoms with Gasteiger partial charge < -0.3 is 10.6 Å². The van der Waals surface area contributed by atoms with Gasteiger partial charge in [0, 0.05) is 12.7 Å². The first kappa shape index (κ1) is 9.98. The second-order valence-electron chi connectivity index (χ2n) is 2.33. The number of carbonyl (C=O) groups excluding carboxylic acids is 1. The topological polar surface area (TPSA) is 41.1 Å². The monoisotopic (exact) mass is 246 g/mol. The van der Waals surface area contributed by atoms with Crippen LogP contribution in [0.1, 0.15) is 0 Å². The number of hydrogen-bond donors (Lipinski definition) is 2. The Morgan fingerprint density at radius 2 is 2.23 bits per heavy atom. The largest absolute Gasteiger partial charge is 0.341 e. The summed E-state index contributed by atoms with van der Waals surface area (Å²) in [5, 5.41) is 4.90. The molecule has 2 N–H and O–H groups in total. The van der Waals surface area contributed by atoms with Crippen LogP contribution in [0.5, 0.6) is 0 Å². The number of rotatable bonds is 1. The maximum atomic E-state index is 12.7. The number of nitrogens with one attached hydrogen (secondary N) is 2. The van der Waals surface area contributed by atoms with E-state index in [0.29, 0.717) is 10.2 Å². The maximum absolute atomic E-state index is 12.7. The highest BCUT2D eigenvalue weighted by molar-refractivity contribution is 9.10. The molecule has 5 heteroatoms. The number of benzene rings is 1. The summed E-state index contributed by atoms with van der Waals surface area (Å²) in [6.07, 6.45) is 0. The van der Waals surface area contributed by atoms with Gasteiger partial charge in [-0.2, -0.15) is 0 Å². The van der Waals surface area contributed by atoms with E-state index in [1.54, 1.807) is 0 Å². The molecule has 1 rings (SSSR count). The smallest absolute Gasteiger partial charge is 0.318 e. The second-order valence-corrected chi connectivity index (χ2v) is 3.19. The SMILES string of the molecule is CNC(=O)Nc1ccc(F)c(Br)c1. The highest BCUT2D eigenvalue weighted by atomic mass is 79.9. The van der Waals surface area contributed by atoms with Crippen LogP contribution >= 0.6 is 15.9 Å². The Kier molecular flexibility index (Phi) is 3.25. The Bertz CT molecular complexity index is 330. The molecule has 0 bridgehead atoms. The predicted octanol–water partition coefficient (Wildman–Crippen LogP) is 2.34. The van der Waals surface area contributed by atoms with Crippen LogP contribution in [0.3, 0.4) is 0 Å². The fraction of sp³-hybridized carbons (Fsp3) is 0.125. The summed E-state index contributed by atoms with van der Waals surface area (Å²) in [7, 11) is 1.51. The third kappa shape index (κ3) is 2.69. The van der Waals surface area contributed by atoms with E-state index in [0.717, 1.165) is 0 Å². The molecule has 0 radical (unpaired) electrons. The number of hydrogen-bond acceptors (Lipinski definition) is 1. The Morgan fingerprint density at radius 3 is 2.77 bits per heavy atom. The number of carbonyl (C=O) groups is 1. The van der Waals surface area contributed by atoms with Gasteiger partial charge in [-0.05, 0) is 34.1 Å². The molecule has 2 amide bonds. The number of amides is 2. The molecule has 3 nitrogen and oxygen atoms in total. The zero-order valence-corrected chi connectivity index (χ0v) is 8.48. The lowest BCUT2D eigenvalue weighted by molar-refractivity contribution is 0.254. The van der Waals surface area contributed by atoms with Crippen molar-refractivity contribution in [3.63, 3.8) is 0 Å². The van der Waals surface area contributed by atoms with Gasteiger partial charge in [0.25, 0.3) is 0 Å². The van der Waals surface area contributed by atoms with Crippen molar-refractivity contribution in [1.29, 1.82) is 0 Å². The van der Waals surface area contributed by atoms with Gasteiger partial charge in [-0.3, -0.25) is 0 Å². The molecule has 0 heterocycles. The van der Waals surface area contributed by atoms with Gasteiger partial charge >= 0.3 is 6.03 Å². The van der Waals surface area contributed by atoms with Crippen LogP contribution in [-0.4, -0.2) is 13.1 Å². The molecule has 0 atom stereocenters. The molecule has 13 heavy (non-hydrogen) atoms. The first-order chi connectivity index (χ1) is 6.13. The molecule has 0 aliphatic heterocycles. The van der Waals surface area contributed by atoms with Crippen molar-refractivity contribution in [1.82, 2.24) is 5.32 Å². The fourth-order valence-corrected chi connectivity index (χ4v) is 1.15. The van der Waals surface area contributed by atoms with Crippen LogP contribution in [-0.2, 0) is 0 Å². The zero-order chi connectivity index (χ0) is 9.84. The van der Waals surface area contributed by atoms with E-state index >= 15 is 0 Å². The van der Waals surface area contributed by atoms with E-state index in [1.807, 2.05) is 0 Å². The third-order valence-electron chi connectivity index (χ3n) is 1.40. The zero-order valence-electron chi connectivity index (χ0n) is 6.90. The minimum Gasteiger partial charge on any atom is -0.341 e. The highest BCUT2D eigenvalue weighted by Gasteiger charge is 2.02. The Hall–Kier alpha value is -1.10. The average molecular weight is 247 g/mol. The summed E-state index contributed by atoms with van der Waals surface area (Å²) < 4.78 is 13.1. The van der Waals surface area contributed by atoms with Gasteiger partial charge in [-0.15, -0.1) is 0 Å². The van der Waals surface area contributed by atoms with Crippen LogP contribution in [0, 0.1) is 5.82 Å². The molecule has 0 spiro atoms. The number of halogens is 2. The normalized spacial score (nSPS) is 9.46. The maximum Gasteiger partial charge on any atom is 0.318 e. The minimum atomic E-state index is -0.359. The van der Waals surface area contributed by atoms with Gasteiger partial charge in [0.15, 0.2) is 0 Å². The van der Waals surface area contributed by atoms with Crippen LogP contribution in [0.4, 0.5) is 14.9 Å². The predicted molar refractivity (Wildman–Crippen MR) is 52.2 cm³/mol. The number of anilines is 1. The summed E-state index contributed by atoms with van der Waals surface area (Å²) >= 11 is 3.01. The molecule has 0 fully saturated rings. The Labute approximate surface area is 83.5 Å². The van der Waals surface area contributed by atoms with Gasteiger partial charge in [0.2, 0.25) is 0 Å². The highest BCUT2D eigenvalue weighted by Crippen LogP contribution is 2.19. The first-order valence-electron chi connectivity index (χ1n) is 3.57. The van der Waals surface area contributed by atoms with Crippen molar-refractivity contribution >= 4 is 27.6 Å². The molecule has 0 saturated carbocycles. The van der Waals surface area contributed by atoms with E-state index in [2.05, 4.69) is 26.6 Å². The van der Waals surface area contributed by atoms with E-state index in [-0.39, 0.29) is 11.8 Å². The molecule has 70 valence electrons. The first-order valence-corrected chi connectivity index (χ1v) is 4.36. The standard InChI is InChI=1S/C8H8BrFN2O/c1-11-8(13)12-5-2-3-7(10)6(9)4-5/h2-4H,1H3,(H2,11,12,13). The van der Waals surface area contributed by atoms with Crippen molar-refractivity contribution < 1.29 is 9.18 Å². The summed E-state index contributed by atoms with van der Waals surface area (Å²) in [5.41, 5.74) is 0.535. The van der Waals surface area contributed by atoms with Crippen LogP contribution in [0.25, 0.3) is 0 Å². The lowest BCUT2D eigenvalue weighted by atomic mass is 10.3. The summed E-state index contributed by atoms with van der Waals surface area (Å²) in [4.78, 5) is 10.8. The van der Waals surface area contributed by atoms with Crippen LogP contribution in [0.15, 0.2) is 22.7 Å². The van der Waals surface area contributed by atoms with Gasteiger partial charge in [0.1, 0.15) is 5.82 Å². The summed E-state index contributed by atoms with van der Waals surface area (Å²) in [6, 6.07) is 3.91. The average Bonchev–Trinajstić information content (AvgIpc) is 2.11. The molecule has 1 aromatic rings. The van der Waals surface area contributed by atoms with Crippen molar-refractivity contribution in [3.05, 3.63) is 28.5 Å². The molecule has 0 unspecified atom stereocenters. The number of urea groups is 1. The molecule has 1 aromatic carbocycles. The molecule has 0 aromatic heterocycles. The Morgan fingerprint density at radius 1 is 1.54 bits per heavy atom. The van der Waals surface area contributed by atoms with Crippen molar-refractivity contribution in [2.24, 2.45) is 0 Å². The van der Waals surface area contributed by atoms with Crippen molar-refractivity contribution in [2.45, 2.75) is 0 Å². The fourth-order valence-electron chi connectivity index (χ4n) is 0.767. The molecule has 0 aliphatic carbocycles. The summed E-state index contributed by atoms with van der Waals surface area (Å²) in [6.45, 7) is 0. The summed E-state index contributed by atoms with van der Waals surface area (Å²) in [5.74, 6) is -0.359. The molecular formula is C8H8BrFN2O. The third-order valence-corrected chi connectivity index (χ3v) is 2.01. The lowest BCUT2D eigenvalue weighted by Gasteiger charge is -2.04. The van der Waals surface area contributed by atoms with E-state index < -0.39 is 0 Å². The molecule has 0 aliphatic rings.